The first kappa shape index (κ1) is 16.3. The van der Waals surface area contributed by atoms with Crippen molar-refractivity contribution in [3.8, 4) is 0 Å². The Hall–Kier alpha value is -0.0800. The van der Waals surface area contributed by atoms with E-state index >= 15 is 0 Å². The third-order valence-corrected chi connectivity index (χ3v) is 5.34. The average molecular weight is 280 g/mol. The van der Waals surface area contributed by atoms with Crippen molar-refractivity contribution in [2.75, 3.05) is 13.1 Å². The molecule has 2 rings (SSSR count). The fraction of sp³-hybridized carbons (Fsp3) is 1.00. The summed E-state index contributed by atoms with van der Waals surface area (Å²) in [5, 5.41) is 4.01. The zero-order chi connectivity index (χ0) is 14.4. The molecular weight excluding hydrogens is 244 g/mol. The Labute approximate surface area is 126 Å². The molecule has 1 saturated heterocycles. The van der Waals surface area contributed by atoms with Gasteiger partial charge in [-0.05, 0) is 45.4 Å². The summed E-state index contributed by atoms with van der Waals surface area (Å²) in [5.74, 6) is 0.923. The lowest BCUT2D eigenvalue weighted by Gasteiger charge is -2.42. The number of nitrogens with one attached hydrogen (secondary N) is 1. The fourth-order valence-electron chi connectivity index (χ4n) is 4.09. The van der Waals surface area contributed by atoms with Crippen LogP contribution in [0.4, 0.5) is 0 Å². The van der Waals surface area contributed by atoms with Crippen LogP contribution in [0.5, 0.6) is 0 Å². The number of hydrogen-bond donors (Lipinski definition) is 1. The highest BCUT2D eigenvalue weighted by Crippen LogP contribution is 2.25. The molecule has 1 aliphatic heterocycles. The zero-order valence-corrected chi connectivity index (χ0v) is 14.0. The van der Waals surface area contributed by atoms with Crippen LogP contribution >= 0.6 is 0 Å². The molecule has 2 fully saturated rings. The number of rotatable bonds is 6. The number of unbranched alkanes of at least 4 members (excludes halogenated alkanes) is 1. The van der Waals surface area contributed by atoms with Crippen LogP contribution in [0.2, 0.25) is 0 Å². The van der Waals surface area contributed by atoms with Crippen LogP contribution in [0.25, 0.3) is 0 Å². The molecule has 2 unspecified atom stereocenters. The first-order chi connectivity index (χ1) is 9.69. The average Bonchev–Trinajstić information content (AvgIpc) is 2.46. The van der Waals surface area contributed by atoms with Crippen molar-refractivity contribution in [1.29, 1.82) is 0 Å². The van der Waals surface area contributed by atoms with Crippen molar-refractivity contribution in [3.63, 3.8) is 0 Å². The maximum absolute atomic E-state index is 4.01. The smallest absolute Gasteiger partial charge is 0.0200 e. The van der Waals surface area contributed by atoms with Crippen LogP contribution in [-0.2, 0) is 0 Å². The molecule has 118 valence electrons. The number of likely N-dealkylation sites (tertiary alicyclic amines) is 1. The van der Waals surface area contributed by atoms with Gasteiger partial charge in [0, 0.05) is 31.2 Å². The Morgan fingerprint density at radius 2 is 1.80 bits per heavy atom. The Balaban J connectivity index is 1.85. The van der Waals surface area contributed by atoms with Crippen molar-refractivity contribution in [2.45, 2.75) is 96.7 Å². The lowest BCUT2D eigenvalue weighted by atomic mass is 9.87. The molecule has 0 aromatic rings. The zero-order valence-electron chi connectivity index (χ0n) is 14.0. The van der Waals surface area contributed by atoms with Crippen molar-refractivity contribution in [2.24, 2.45) is 5.92 Å². The van der Waals surface area contributed by atoms with E-state index < -0.39 is 0 Å². The molecule has 1 saturated carbocycles. The van der Waals surface area contributed by atoms with Crippen LogP contribution in [0.15, 0.2) is 0 Å². The minimum Gasteiger partial charge on any atom is -0.310 e. The highest BCUT2D eigenvalue weighted by molar-refractivity contribution is 4.87. The van der Waals surface area contributed by atoms with Crippen molar-refractivity contribution in [1.82, 2.24) is 10.2 Å². The summed E-state index contributed by atoms with van der Waals surface area (Å²) in [4.78, 5) is 2.71. The molecule has 1 heterocycles. The minimum atomic E-state index is 0.704. The largest absolute Gasteiger partial charge is 0.310 e. The molecule has 2 heteroatoms. The van der Waals surface area contributed by atoms with E-state index in [2.05, 4.69) is 31.0 Å². The second-order valence-corrected chi connectivity index (χ2v) is 7.49. The third-order valence-electron chi connectivity index (χ3n) is 5.34. The standard InChI is InChI=1S/C18H36N2/c1-4-5-9-16-12-18(14-20(13-16)15(2)3)19-17-10-7-6-8-11-17/h15-19H,4-14H2,1-3H3. The summed E-state index contributed by atoms with van der Waals surface area (Å²) in [7, 11) is 0. The molecule has 1 aliphatic carbocycles. The Bertz CT molecular complexity index is 258. The van der Waals surface area contributed by atoms with Gasteiger partial charge in [0.15, 0.2) is 0 Å². The summed E-state index contributed by atoms with van der Waals surface area (Å²) in [5.41, 5.74) is 0. The molecule has 2 nitrogen and oxygen atoms in total. The van der Waals surface area contributed by atoms with E-state index in [4.69, 9.17) is 0 Å². The van der Waals surface area contributed by atoms with Crippen LogP contribution in [-0.4, -0.2) is 36.1 Å². The Morgan fingerprint density at radius 1 is 1.05 bits per heavy atom. The molecule has 2 aliphatic rings. The quantitative estimate of drug-likeness (QED) is 0.784. The molecule has 0 aromatic heterocycles. The first-order valence-corrected chi connectivity index (χ1v) is 9.19. The van der Waals surface area contributed by atoms with E-state index in [0.717, 1.165) is 18.0 Å². The van der Waals surface area contributed by atoms with Crippen LogP contribution in [0.3, 0.4) is 0 Å². The van der Waals surface area contributed by atoms with Gasteiger partial charge in [-0.25, -0.2) is 0 Å². The van der Waals surface area contributed by atoms with E-state index in [0.29, 0.717) is 6.04 Å². The van der Waals surface area contributed by atoms with Gasteiger partial charge >= 0.3 is 0 Å². The van der Waals surface area contributed by atoms with Crippen LogP contribution in [0, 0.1) is 5.92 Å². The van der Waals surface area contributed by atoms with E-state index in [9.17, 15) is 0 Å². The number of hydrogen-bond acceptors (Lipinski definition) is 2. The summed E-state index contributed by atoms with van der Waals surface area (Å²) in [6.07, 6.45) is 12.8. The van der Waals surface area contributed by atoms with E-state index in [1.165, 1.54) is 70.9 Å². The molecule has 0 aromatic carbocycles. The molecular formula is C18H36N2. The normalized spacial score (nSPS) is 30.0. The van der Waals surface area contributed by atoms with Gasteiger partial charge in [0.25, 0.3) is 0 Å². The second kappa shape index (κ2) is 8.38. The highest BCUT2D eigenvalue weighted by atomic mass is 15.2. The van der Waals surface area contributed by atoms with Crippen LogP contribution < -0.4 is 5.32 Å². The number of piperidine rings is 1. The molecule has 0 spiro atoms. The van der Waals surface area contributed by atoms with Crippen molar-refractivity contribution >= 4 is 0 Å². The van der Waals surface area contributed by atoms with Gasteiger partial charge < -0.3 is 5.32 Å². The summed E-state index contributed by atoms with van der Waals surface area (Å²) in [6, 6.07) is 2.26. The molecule has 0 amide bonds. The molecule has 2 atom stereocenters. The topological polar surface area (TPSA) is 15.3 Å². The van der Waals surface area contributed by atoms with Gasteiger partial charge in [0.2, 0.25) is 0 Å². The predicted molar refractivity (Wildman–Crippen MR) is 88.1 cm³/mol. The lowest BCUT2D eigenvalue weighted by Crippen LogP contribution is -2.53. The fourth-order valence-corrected chi connectivity index (χ4v) is 4.09. The Kier molecular flexibility index (Phi) is 6.83. The maximum Gasteiger partial charge on any atom is 0.0200 e. The molecule has 20 heavy (non-hydrogen) atoms. The van der Waals surface area contributed by atoms with Crippen molar-refractivity contribution in [3.05, 3.63) is 0 Å². The van der Waals surface area contributed by atoms with Gasteiger partial charge in [-0.2, -0.15) is 0 Å². The second-order valence-electron chi connectivity index (χ2n) is 7.49. The SMILES string of the molecule is CCCCC1CC(NC2CCCCC2)CN(C(C)C)C1. The first-order valence-electron chi connectivity index (χ1n) is 9.19. The van der Waals surface area contributed by atoms with E-state index in [1.54, 1.807) is 0 Å². The van der Waals surface area contributed by atoms with Crippen LogP contribution in [0.1, 0.15) is 78.6 Å². The summed E-state index contributed by atoms with van der Waals surface area (Å²) < 4.78 is 0. The number of nitrogens with zero attached hydrogens (tertiary/aromatic N) is 1. The maximum atomic E-state index is 4.01. The summed E-state index contributed by atoms with van der Waals surface area (Å²) in [6.45, 7) is 9.65. The van der Waals surface area contributed by atoms with Gasteiger partial charge in [-0.15, -0.1) is 0 Å². The van der Waals surface area contributed by atoms with Crippen molar-refractivity contribution < 1.29 is 0 Å². The molecule has 0 radical (unpaired) electrons. The molecule has 1 N–H and O–H groups in total. The third kappa shape index (κ3) is 5.04. The van der Waals surface area contributed by atoms with Gasteiger partial charge in [0.05, 0.1) is 0 Å². The monoisotopic (exact) mass is 280 g/mol. The van der Waals surface area contributed by atoms with E-state index in [1.807, 2.05) is 0 Å². The highest BCUT2D eigenvalue weighted by Gasteiger charge is 2.29. The summed E-state index contributed by atoms with van der Waals surface area (Å²) >= 11 is 0. The van der Waals surface area contributed by atoms with E-state index in [-0.39, 0.29) is 0 Å². The van der Waals surface area contributed by atoms with Gasteiger partial charge in [0.1, 0.15) is 0 Å². The molecule has 0 bridgehead atoms. The lowest BCUT2D eigenvalue weighted by molar-refractivity contribution is 0.0986. The predicted octanol–water partition coefficient (Wildman–Crippen LogP) is 4.20. The Morgan fingerprint density at radius 3 is 2.45 bits per heavy atom. The minimum absolute atomic E-state index is 0.704. The van der Waals surface area contributed by atoms with Gasteiger partial charge in [-0.1, -0.05) is 39.0 Å². The van der Waals surface area contributed by atoms with Gasteiger partial charge in [-0.3, -0.25) is 4.90 Å².